The third-order valence-corrected chi connectivity index (χ3v) is 5.16. The van der Waals surface area contributed by atoms with Crippen LogP contribution in [0.5, 0.6) is 0 Å². The molecule has 0 bridgehead atoms. The van der Waals surface area contributed by atoms with Gasteiger partial charge in [-0.25, -0.2) is 5.01 Å². The molecule has 1 heterocycles. The minimum Gasteiger partial charge on any atom is -0.456 e. The molecule has 2 aromatic rings. The summed E-state index contributed by atoms with van der Waals surface area (Å²) in [5.41, 5.74) is 3.48. The highest BCUT2D eigenvalue weighted by Gasteiger charge is 2.22. The first-order valence-electron chi connectivity index (χ1n) is 9.57. The first kappa shape index (κ1) is 21.7. The molecule has 7 nitrogen and oxygen atoms in total. The number of hydrogen-bond donors (Lipinski definition) is 1. The van der Waals surface area contributed by atoms with Crippen molar-refractivity contribution >= 4 is 45.1 Å². The van der Waals surface area contributed by atoms with Gasteiger partial charge in [0.2, 0.25) is 5.91 Å². The molecule has 1 aliphatic heterocycles. The van der Waals surface area contributed by atoms with Gasteiger partial charge in [0, 0.05) is 17.3 Å². The van der Waals surface area contributed by atoms with Crippen LogP contribution in [0.2, 0.25) is 0 Å². The van der Waals surface area contributed by atoms with E-state index in [0.29, 0.717) is 18.7 Å². The average Bonchev–Trinajstić information content (AvgIpc) is 3.23. The molecule has 0 atom stereocenters. The van der Waals surface area contributed by atoms with Crippen LogP contribution in [0.4, 0.5) is 5.69 Å². The first-order valence-corrected chi connectivity index (χ1v) is 10.4. The molecule has 0 saturated heterocycles. The number of amides is 2. The van der Waals surface area contributed by atoms with Gasteiger partial charge < -0.3 is 10.1 Å². The van der Waals surface area contributed by atoms with Crippen LogP contribution in [0.15, 0.2) is 58.1 Å². The molecule has 0 fully saturated rings. The lowest BCUT2D eigenvalue weighted by Gasteiger charge is -2.11. The Morgan fingerprint density at radius 2 is 1.90 bits per heavy atom. The molecule has 156 valence electrons. The molecule has 8 heteroatoms. The van der Waals surface area contributed by atoms with E-state index in [1.165, 1.54) is 5.01 Å². The number of hydrogen-bond acceptors (Lipinski definition) is 5. The van der Waals surface area contributed by atoms with Crippen molar-refractivity contribution in [1.29, 1.82) is 0 Å². The fourth-order valence-electron chi connectivity index (χ4n) is 2.93. The lowest BCUT2D eigenvalue weighted by Crippen LogP contribution is -2.25. The van der Waals surface area contributed by atoms with Crippen molar-refractivity contribution < 1.29 is 19.1 Å². The summed E-state index contributed by atoms with van der Waals surface area (Å²) in [6, 6.07) is 15.2. The zero-order chi connectivity index (χ0) is 21.5. The normalized spacial score (nSPS) is 13.0. The number of ether oxygens (including phenoxy) is 1. The highest BCUT2D eigenvalue weighted by atomic mass is 79.9. The van der Waals surface area contributed by atoms with E-state index >= 15 is 0 Å². The number of nitrogens with one attached hydrogen (secondary N) is 1. The number of carbonyl (C=O) groups is 3. The van der Waals surface area contributed by atoms with Gasteiger partial charge in [-0.15, -0.1) is 0 Å². The quantitative estimate of drug-likeness (QED) is 0.624. The van der Waals surface area contributed by atoms with Gasteiger partial charge >= 0.3 is 5.97 Å². The second-order valence-electron chi connectivity index (χ2n) is 6.87. The van der Waals surface area contributed by atoms with Crippen LogP contribution in [-0.4, -0.2) is 41.7 Å². The maximum Gasteiger partial charge on any atom is 0.306 e. The Labute approximate surface area is 183 Å². The monoisotopic (exact) mass is 471 g/mol. The summed E-state index contributed by atoms with van der Waals surface area (Å²) in [5, 5.41) is 8.40. The minimum atomic E-state index is -0.604. The molecular weight excluding hydrogens is 450 g/mol. The maximum atomic E-state index is 12.3. The number of hydrazone groups is 1. The van der Waals surface area contributed by atoms with Gasteiger partial charge in [-0.2, -0.15) is 5.10 Å². The zero-order valence-corrected chi connectivity index (χ0v) is 18.1. The Balaban J connectivity index is 1.40. The van der Waals surface area contributed by atoms with Crippen molar-refractivity contribution in [2.75, 3.05) is 18.5 Å². The van der Waals surface area contributed by atoms with Crippen LogP contribution < -0.4 is 5.32 Å². The van der Waals surface area contributed by atoms with Gasteiger partial charge in [-0.05, 0) is 46.1 Å². The van der Waals surface area contributed by atoms with Crippen LogP contribution in [-0.2, 0) is 19.1 Å². The van der Waals surface area contributed by atoms with Crippen LogP contribution in [0.25, 0.3) is 0 Å². The van der Waals surface area contributed by atoms with Crippen molar-refractivity contribution in [3.05, 3.63) is 64.1 Å². The van der Waals surface area contributed by atoms with Crippen molar-refractivity contribution in [3.63, 3.8) is 0 Å². The summed E-state index contributed by atoms with van der Waals surface area (Å²) in [4.78, 5) is 36.2. The molecule has 1 N–H and O–H groups in total. The van der Waals surface area contributed by atoms with E-state index in [0.717, 1.165) is 21.3 Å². The number of rotatable bonds is 7. The molecule has 2 aromatic carbocycles. The average molecular weight is 472 g/mol. The predicted octanol–water partition coefficient (Wildman–Crippen LogP) is 3.66. The molecule has 3 rings (SSSR count). The molecular formula is C22H22BrN3O4. The molecule has 0 radical (unpaired) electrons. The van der Waals surface area contributed by atoms with Crippen LogP contribution >= 0.6 is 15.9 Å². The number of carbonyl (C=O) groups excluding carboxylic acids is 3. The molecule has 2 amide bonds. The van der Waals surface area contributed by atoms with Crippen molar-refractivity contribution in [2.45, 2.75) is 26.2 Å². The summed E-state index contributed by atoms with van der Waals surface area (Å²) in [7, 11) is 0. The van der Waals surface area contributed by atoms with Gasteiger partial charge in [0.15, 0.2) is 6.61 Å². The fourth-order valence-corrected chi connectivity index (χ4v) is 3.53. The number of benzene rings is 2. The molecule has 0 aliphatic carbocycles. The van der Waals surface area contributed by atoms with Gasteiger partial charge in [0.1, 0.15) is 0 Å². The largest absolute Gasteiger partial charge is 0.456 e. The molecule has 0 saturated carbocycles. The van der Waals surface area contributed by atoms with Gasteiger partial charge in [0.25, 0.3) is 5.91 Å². The number of esters is 1. The molecule has 0 spiro atoms. The first-order chi connectivity index (χ1) is 14.4. The van der Waals surface area contributed by atoms with Crippen LogP contribution in [0.1, 0.15) is 30.4 Å². The smallest absolute Gasteiger partial charge is 0.306 e. The standard InChI is InChI=1S/C22H22BrN3O4/c1-15-7-8-19(17(23)13-15)24-20(27)14-30-22(29)10-9-21(28)26-12-11-18(25-26)16-5-3-2-4-6-16/h2-8,13H,9-12,14H2,1H3,(H,24,27). The lowest BCUT2D eigenvalue weighted by molar-refractivity contribution is -0.148. The van der Waals surface area contributed by atoms with Crippen LogP contribution in [0, 0.1) is 6.92 Å². The topological polar surface area (TPSA) is 88.1 Å². The summed E-state index contributed by atoms with van der Waals surface area (Å²) in [6.07, 6.45) is 0.553. The highest BCUT2D eigenvalue weighted by molar-refractivity contribution is 9.10. The van der Waals surface area contributed by atoms with E-state index in [-0.39, 0.29) is 18.7 Å². The molecule has 30 heavy (non-hydrogen) atoms. The molecule has 1 aliphatic rings. The van der Waals surface area contributed by atoms with E-state index in [9.17, 15) is 14.4 Å². The fraction of sp³-hybridized carbons (Fsp3) is 0.273. The lowest BCUT2D eigenvalue weighted by atomic mass is 10.1. The number of anilines is 1. The number of halogens is 1. The van der Waals surface area contributed by atoms with Gasteiger partial charge in [-0.1, -0.05) is 36.4 Å². The summed E-state index contributed by atoms with van der Waals surface area (Å²) < 4.78 is 5.71. The Hall–Kier alpha value is -3.00. The molecule has 0 unspecified atom stereocenters. The molecule has 0 aromatic heterocycles. The van der Waals surface area contributed by atoms with E-state index in [4.69, 9.17) is 4.74 Å². The third kappa shape index (κ3) is 6.00. The maximum absolute atomic E-state index is 12.3. The van der Waals surface area contributed by atoms with Crippen LogP contribution in [0.3, 0.4) is 0 Å². The highest BCUT2D eigenvalue weighted by Crippen LogP contribution is 2.23. The second kappa shape index (κ2) is 10.2. The Morgan fingerprint density at radius 1 is 1.13 bits per heavy atom. The SMILES string of the molecule is Cc1ccc(NC(=O)COC(=O)CCC(=O)N2CCC(c3ccccc3)=N2)c(Br)c1. The van der Waals surface area contributed by atoms with Crippen molar-refractivity contribution in [2.24, 2.45) is 5.10 Å². The van der Waals surface area contributed by atoms with E-state index in [2.05, 4.69) is 26.3 Å². The van der Waals surface area contributed by atoms with E-state index in [1.54, 1.807) is 6.07 Å². The second-order valence-corrected chi connectivity index (χ2v) is 7.73. The predicted molar refractivity (Wildman–Crippen MR) is 117 cm³/mol. The van der Waals surface area contributed by atoms with Gasteiger partial charge in [-0.3, -0.25) is 14.4 Å². The van der Waals surface area contributed by atoms with E-state index in [1.807, 2.05) is 49.4 Å². The Morgan fingerprint density at radius 3 is 2.63 bits per heavy atom. The summed E-state index contributed by atoms with van der Waals surface area (Å²) in [5.74, 6) is -1.30. The minimum absolute atomic E-state index is 0.0183. The van der Waals surface area contributed by atoms with Crippen molar-refractivity contribution in [3.8, 4) is 0 Å². The summed E-state index contributed by atoms with van der Waals surface area (Å²) >= 11 is 3.37. The Bertz CT molecular complexity index is 976. The van der Waals surface area contributed by atoms with E-state index < -0.39 is 18.5 Å². The number of nitrogens with zero attached hydrogens (tertiary/aromatic N) is 2. The summed E-state index contributed by atoms with van der Waals surface area (Å²) in [6.45, 7) is 2.02. The Kier molecular flexibility index (Phi) is 7.35. The zero-order valence-electron chi connectivity index (χ0n) is 16.6. The van der Waals surface area contributed by atoms with Crippen molar-refractivity contribution in [1.82, 2.24) is 5.01 Å². The van der Waals surface area contributed by atoms with Gasteiger partial charge in [0.05, 0.1) is 24.4 Å². The third-order valence-electron chi connectivity index (χ3n) is 4.50. The number of aryl methyl sites for hydroxylation is 1.